The number of carbonyl (C=O) groups excluding carboxylic acids is 5. The van der Waals surface area contributed by atoms with Crippen LogP contribution in [-0.4, -0.2) is 63.3 Å². The van der Waals surface area contributed by atoms with Crippen molar-refractivity contribution in [3.05, 3.63) is 82.0 Å². The molecule has 2 N–H and O–H groups in total. The van der Waals surface area contributed by atoms with Gasteiger partial charge in [0.2, 0.25) is 11.8 Å². The van der Waals surface area contributed by atoms with Gasteiger partial charge in [-0.2, -0.15) is 5.10 Å². The number of carbonyl (C=O) groups is 5. The van der Waals surface area contributed by atoms with Gasteiger partial charge in [0.05, 0.1) is 35.4 Å². The first-order chi connectivity index (χ1) is 24.0. The monoisotopic (exact) mass is 669 g/mol. The number of amides is 5. The van der Waals surface area contributed by atoms with Crippen LogP contribution < -0.4 is 15.5 Å². The molecule has 1 aromatic heterocycles. The predicted molar refractivity (Wildman–Crippen MR) is 183 cm³/mol. The van der Waals surface area contributed by atoms with Gasteiger partial charge in [0, 0.05) is 37.1 Å². The molecule has 5 amide bonds. The Morgan fingerprint density at radius 1 is 0.980 bits per heavy atom. The lowest BCUT2D eigenvalue weighted by atomic mass is 9.66. The maximum atomic E-state index is 13.7. The predicted octanol–water partition coefficient (Wildman–Crippen LogP) is 4.45. The Morgan fingerprint density at radius 3 is 2.42 bits per heavy atom. The van der Waals surface area contributed by atoms with Crippen molar-refractivity contribution >= 4 is 46.6 Å². The highest BCUT2D eigenvalue weighted by Gasteiger charge is 2.45. The van der Waals surface area contributed by atoms with Gasteiger partial charge in [0.15, 0.2) is 5.69 Å². The van der Waals surface area contributed by atoms with Gasteiger partial charge in [-0.15, -0.1) is 0 Å². The van der Waals surface area contributed by atoms with E-state index >= 15 is 0 Å². The number of fused-ring (bicyclic) bond motifs is 3. The van der Waals surface area contributed by atoms with Crippen LogP contribution >= 0.6 is 0 Å². The topological polar surface area (TPSA) is 138 Å². The zero-order valence-corrected chi connectivity index (χ0v) is 27.8. The first kappa shape index (κ1) is 31.5. The molecule has 1 atom stereocenters. The van der Waals surface area contributed by atoms with Crippen LogP contribution in [0, 0.1) is 24.3 Å². The molecule has 6 aliphatic rings. The van der Waals surface area contributed by atoms with E-state index in [4.69, 9.17) is 6.57 Å². The average molecular weight is 670 g/mol. The lowest BCUT2D eigenvalue weighted by Gasteiger charge is -2.40. The molecule has 3 aliphatic heterocycles. The highest BCUT2D eigenvalue weighted by atomic mass is 16.2. The zero-order valence-electron chi connectivity index (χ0n) is 27.8. The number of anilines is 2. The molecule has 12 heteroatoms. The number of hydrogen-bond acceptors (Lipinski definition) is 7. The van der Waals surface area contributed by atoms with Gasteiger partial charge in [-0.05, 0) is 93.2 Å². The number of piperidine rings is 1. The SMILES string of the molecule is [C-]#[N+]c1ccc(NC(=O)C(C)(C)n2cc(C#CC3CN(c4ccc5c(c4)C(=O)N(C4CCC(=O)NC4=O)C5=O)C3)cn2)c2c1C1CCC2CC1. The first-order valence-corrected chi connectivity index (χ1v) is 17.1. The zero-order chi connectivity index (χ0) is 34.9. The van der Waals surface area contributed by atoms with Crippen LogP contribution in [0.4, 0.5) is 17.1 Å². The van der Waals surface area contributed by atoms with E-state index in [2.05, 4.69) is 37.3 Å². The normalized spacial score (nSPS) is 22.6. The smallest absolute Gasteiger partial charge is 0.262 e. The summed E-state index contributed by atoms with van der Waals surface area (Å²) in [5, 5.41) is 9.86. The molecule has 3 aliphatic carbocycles. The van der Waals surface area contributed by atoms with Crippen LogP contribution in [0.5, 0.6) is 0 Å². The number of nitrogens with one attached hydrogen (secondary N) is 2. The molecule has 4 heterocycles. The van der Waals surface area contributed by atoms with Crippen LogP contribution in [0.25, 0.3) is 4.85 Å². The Bertz CT molecular complexity index is 2120. The maximum absolute atomic E-state index is 13.7. The van der Waals surface area contributed by atoms with Crippen molar-refractivity contribution in [1.29, 1.82) is 0 Å². The fourth-order valence-corrected chi connectivity index (χ4v) is 8.07. The van der Waals surface area contributed by atoms with E-state index in [9.17, 15) is 24.0 Å². The lowest BCUT2D eigenvalue weighted by Crippen LogP contribution is -2.54. The summed E-state index contributed by atoms with van der Waals surface area (Å²) >= 11 is 0. The molecule has 2 aromatic carbocycles. The van der Waals surface area contributed by atoms with Crippen LogP contribution in [0.3, 0.4) is 0 Å². The minimum absolute atomic E-state index is 0.0696. The second kappa shape index (κ2) is 11.7. The molecule has 1 saturated carbocycles. The molecule has 252 valence electrons. The van der Waals surface area contributed by atoms with Crippen LogP contribution in [0.15, 0.2) is 42.7 Å². The molecule has 0 radical (unpaired) electrons. The molecule has 1 unspecified atom stereocenters. The molecular weight excluding hydrogens is 634 g/mol. The van der Waals surface area contributed by atoms with Crippen molar-refractivity contribution in [2.24, 2.45) is 5.92 Å². The summed E-state index contributed by atoms with van der Waals surface area (Å²) in [6.07, 6.45) is 7.99. The van der Waals surface area contributed by atoms with Crippen molar-refractivity contribution < 1.29 is 24.0 Å². The number of aromatic nitrogens is 2. The molecule has 2 bridgehead atoms. The van der Waals surface area contributed by atoms with E-state index in [1.165, 1.54) is 0 Å². The first-order valence-electron chi connectivity index (χ1n) is 17.1. The number of nitrogens with zero attached hydrogens (tertiary/aromatic N) is 5. The molecule has 2 saturated heterocycles. The van der Waals surface area contributed by atoms with Crippen molar-refractivity contribution in [1.82, 2.24) is 20.0 Å². The third kappa shape index (κ3) is 5.06. The summed E-state index contributed by atoms with van der Waals surface area (Å²) in [5.74, 6) is 5.01. The van der Waals surface area contributed by atoms with Crippen molar-refractivity contribution in [3.63, 3.8) is 0 Å². The second-order valence-corrected chi connectivity index (χ2v) is 14.4. The van der Waals surface area contributed by atoms with Gasteiger partial charge in [-0.3, -0.25) is 38.9 Å². The van der Waals surface area contributed by atoms with E-state index in [1.54, 1.807) is 35.3 Å². The Labute approximate surface area is 289 Å². The number of benzene rings is 2. The van der Waals surface area contributed by atoms with E-state index < -0.39 is 35.2 Å². The molecular formula is C38H35N7O5. The van der Waals surface area contributed by atoms with Crippen molar-refractivity contribution in [2.45, 2.75) is 75.8 Å². The fourth-order valence-electron chi connectivity index (χ4n) is 8.07. The Kier molecular flexibility index (Phi) is 7.37. The third-order valence-corrected chi connectivity index (χ3v) is 11.0. The van der Waals surface area contributed by atoms with Gasteiger partial charge < -0.3 is 10.2 Å². The molecule has 12 nitrogen and oxygen atoms in total. The summed E-state index contributed by atoms with van der Waals surface area (Å²) in [4.78, 5) is 70.6. The third-order valence-electron chi connectivity index (χ3n) is 11.0. The minimum atomic E-state index is -1.000. The highest BCUT2D eigenvalue weighted by molar-refractivity contribution is 6.23. The summed E-state index contributed by atoms with van der Waals surface area (Å²) < 4.78 is 1.63. The van der Waals surface area contributed by atoms with E-state index in [0.29, 0.717) is 36.2 Å². The minimum Gasteiger partial charge on any atom is -0.369 e. The largest absolute Gasteiger partial charge is 0.369 e. The molecule has 0 spiro atoms. The quantitative estimate of drug-likeness (QED) is 0.233. The van der Waals surface area contributed by atoms with E-state index in [0.717, 1.165) is 53.1 Å². The number of hydrogen-bond donors (Lipinski definition) is 2. The summed E-state index contributed by atoms with van der Waals surface area (Å²) in [5.41, 5.74) is 4.74. The van der Waals surface area contributed by atoms with E-state index in [1.807, 2.05) is 26.0 Å². The lowest BCUT2D eigenvalue weighted by molar-refractivity contribution is -0.136. The van der Waals surface area contributed by atoms with Crippen LogP contribution in [0.1, 0.15) is 102 Å². The van der Waals surface area contributed by atoms with Gasteiger partial charge in [0.1, 0.15) is 11.6 Å². The van der Waals surface area contributed by atoms with Crippen LogP contribution in [0.2, 0.25) is 0 Å². The van der Waals surface area contributed by atoms with Gasteiger partial charge in [-0.1, -0.05) is 17.9 Å². The van der Waals surface area contributed by atoms with Crippen molar-refractivity contribution in [2.75, 3.05) is 23.3 Å². The van der Waals surface area contributed by atoms with Crippen LogP contribution in [-0.2, 0) is 19.9 Å². The summed E-state index contributed by atoms with van der Waals surface area (Å²) in [6.45, 7) is 12.6. The molecule has 9 rings (SSSR count). The summed E-state index contributed by atoms with van der Waals surface area (Å²) in [7, 11) is 0. The van der Waals surface area contributed by atoms with Gasteiger partial charge in [-0.25, -0.2) is 4.85 Å². The van der Waals surface area contributed by atoms with E-state index in [-0.39, 0.29) is 35.8 Å². The van der Waals surface area contributed by atoms with Gasteiger partial charge in [0.25, 0.3) is 17.7 Å². The summed E-state index contributed by atoms with van der Waals surface area (Å²) in [6, 6.07) is 7.80. The van der Waals surface area contributed by atoms with Gasteiger partial charge >= 0.3 is 0 Å². The molecule has 50 heavy (non-hydrogen) atoms. The van der Waals surface area contributed by atoms with Crippen molar-refractivity contribution in [3.8, 4) is 11.8 Å². The molecule has 3 fully saturated rings. The maximum Gasteiger partial charge on any atom is 0.262 e. The number of rotatable bonds is 5. The Morgan fingerprint density at radius 2 is 1.70 bits per heavy atom. The Balaban J connectivity index is 0.910. The molecule has 3 aromatic rings. The second-order valence-electron chi connectivity index (χ2n) is 14.4. The highest BCUT2D eigenvalue weighted by Crippen LogP contribution is 2.54. The standard InChI is InChI=1S/C38H35N7O5/c1-38(2,37(50)41-29-13-12-28(39-3)32-23-6-8-24(9-7-23)33(29)32)44-20-21(17-40-44)4-5-22-18-43(19-22)25-10-11-26-27(16-25)36(49)45(35(26)48)30-14-15-31(46)42-34(30)47/h10-13,16-17,20,22-24,30H,6-9,14-15,18-19H2,1-2H3,(H,41,50)(H,42,46,47). The average Bonchev–Trinajstić information content (AvgIpc) is 3.67. The fraction of sp³-hybridized carbons (Fsp3) is 0.395. The Hall–Kier alpha value is -5.75. The number of imide groups is 2.